The fraction of sp³-hybridized carbons (Fsp3) is 0.562. The Hall–Kier alpha value is -1.02. The number of likely N-dealkylation sites (tertiary alicyclic amines) is 1. The summed E-state index contributed by atoms with van der Waals surface area (Å²) >= 11 is 4.53. The van der Waals surface area contributed by atoms with E-state index in [-0.39, 0.29) is 11.5 Å². The highest BCUT2D eigenvalue weighted by Crippen LogP contribution is 2.51. The van der Waals surface area contributed by atoms with Crippen LogP contribution in [0.15, 0.2) is 18.2 Å². The average molecular weight is 287 g/mol. The second-order valence-corrected chi connectivity index (χ2v) is 6.96. The van der Waals surface area contributed by atoms with Crippen LogP contribution in [0, 0.1) is 16.7 Å². The monoisotopic (exact) mass is 287 g/mol. The maximum Gasteiger partial charge on any atom is 0.0991 e. The van der Waals surface area contributed by atoms with E-state index in [1.54, 1.807) is 0 Å². The van der Waals surface area contributed by atoms with Crippen LogP contribution < -0.4 is 5.73 Å². The Labute approximate surface area is 126 Å². The van der Waals surface area contributed by atoms with Gasteiger partial charge >= 0.3 is 0 Å². The molecule has 1 aromatic rings. The highest BCUT2D eigenvalue weighted by molar-refractivity contribution is 7.80. The van der Waals surface area contributed by atoms with Crippen molar-refractivity contribution in [3.8, 4) is 6.07 Å². The van der Waals surface area contributed by atoms with E-state index >= 15 is 0 Å². The standard InChI is InChI=1S/C16H21N3S/c1-11(20)19-6-4-16(5-7-19)9-13-3-2-12(10-17)8-14(13)15(16)18/h2-3,8,11,15,20H,4-7,9,18H2,1H3/t11?,15-/m1/s1. The Kier molecular flexibility index (Phi) is 3.53. The van der Waals surface area contributed by atoms with Gasteiger partial charge in [-0.2, -0.15) is 17.9 Å². The maximum atomic E-state index is 9.05. The SMILES string of the molecule is CC(S)N1CCC2(CC1)Cc1ccc(C#N)cc1[C@H]2N. The first-order valence-electron chi connectivity index (χ1n) is 7.26. The molecule has 1 aliphatic heterocycles. The molecule has 2 N–H and O–H groups in total. The van der Waals surface area contributed by atoms with E-state index in [2.05, 4.69) is 36.6 Å². The minimum atomic E-state index is 0.0724. The summed E-state index contributed by atoms with van der Waals surface area (Å²) in [5.74, 6) is 0. The van der Waals surface area contributed by atoms with Crippen molar-refractivity contribution < 1.29 is 0 Å². The van der Waals surface area contributed by atoms with Gasteiger partial charge in [0.25, 0.3) is 0 Å². The lowest BCUT2D eigenvalue weighted by Gasteiger charge is -2.43. The molecule has 106 valence electrons. The van der Waals surface area contributed by atoms with E-state index < -0.39 is 0 Å². The summed E-state index contributed by atoms with van der Waals surface area (Å²) in [6, 6.07) is 8.28. The lowest BCUT2D eigenvalue weighted by Crippen LogP contribution is -2.46. The first-order valence-corrected chi connectivity index (χ1v) is 7.78. The molecular weight excluding hydrogens is 266 g/mol. The van der Waals surface area contributed by atoms with E-state index in [4.69, 9.17) is 11.0 Å². The molecule has 3 nitrogen and oxygen atoms in total. The van der Waals surface area contributed by atoms with Crippen molar-refractivity contribution in [3.63, 3.8) is 0 Å². The smallest absolute Gasteiger partial charge is 0.0991 e. The zero-order valence-corrected chi connectivity index (χ0v) is 12.7. The molecule has 1 heterocycles. The molecule has 1 saturated heterocycles. The Balaban J connectivity index is 1.84. The summed E-state index contributed by atoms with van der Waals surface area (Å²) < 4.78 is 0. The summed E-state index contributed by atoms with van der Waals surface area (Å²) in [6.07, 6.45) is 3.30. The Morgan fingerprint density at radius 2 is 2.15 bits per heavy atom. The number of benzene rings is 1. The number of piperidine rings is 1. The van der Waals surface area contributed by atoms with Gasteiger partial charge in [0.2, 0.25) is 0 Å². The molecule has 3 rings (SSSR count). The van der Waals surface area contributed by atoms with Crippen molar-refractivity contribution in [2.75, 3.05) is 13.1 Å². The lowest BCUT2D eigenvalue weighted by molar-refractivity contribution is 0.0865. The predicted molar refractivity (Wildman–Crippen MR) is 83.5 cm³/mol. The molecular formula is C16H21N3S. The van der Waals surface area contributed by atoms with Gasteiger partial charge in [0.1, 0.15) is 0 Å². The molecule has 0 bridgehead atoms. The van der Waals surface area contributed by atoms with Gasteiger partial charge in [0.15, 0.2) is 0 Å². The van der Waals surface area contributed by atoms with Crippen LogP contribution in [0.3, 0.4) is 0 Å². The van der Waals surface area contributed by atoms with Crippen LogP contribution in [0.2, 0.25) is 0 Å². The van der Waals surface area contributed by atoms with Crippen LogP contribution in [0.1, 0.15) is 42.5 Å². The molecule has 1 spiro atoms. The van der Waals surface area contributed by atoms with Gasteiger partial charge in [-0.05, 0) is 68.0 Å². The Bertz CT molecular complexity index is 553. The topological polar surface area (TPSA) is 53.0 Å². The van der Waals surface area contributed by atoms with Crippen LogP contribution in [0.5, 0.6) is 0 Å². The fourth-order valence-electron chi connectivity index (χ4n) is 3.76. The summed E-state index contributed by atoms with van der Waals surface area (Å²) in [6.45, 7) is 4.26. The molecule has 0 radical (unpaired) electrons. The van der Waals surface area contributed by atoms with Crippen LogP contribution in [0.25, 0.3) is 0 Å². The Morgan fingerprint density at radius 1 is 1.45 bits per heavy atom. The van der Waals surface area contributed by atoms with E-state index in [0.717, 1.165) is 37.9 Å². The van der Waals surface area contributed by atoms with Crippen molar-refractivity contribution >= 4 is 12.6 Å². The van der Waals surface area contributed by atoms with E-state index in [9.17, 15) is 0 Å². The number of hydrogen-bond acceptors (Lipinski definition) is 4. The summed E-state index contributed by atoms with van der Waals surface area (Å²) in [5.41, 5.74) is 9.99. The number of fused-ring (bicyclic) bond motifs is 1. The van der Waals surface area contributed by atoms with E-state index in [1.807, 2.05) is 12.1 Å². The predicted octanol–water partition coefficient (Wildman–Crippen LogP) is 2.47. The number of thiol groups is 1. The summed E-state index contributed by atoms with van der Waals surface area (Å²) in [7, 11) is 0. The summed E-state index contributed by atoms with van der Waals surface area (Å²) in [4.78, 5) is 2.41. The van der Waals surface area contributed by atoms with Gasteiger partial charge < -0.3 is 5.73 Å². The first kappa shape index (κ1) is 13.9. The van der Waals surface area contributed by atoms with Gasteiger partial charge in [-0.15, -0.1) is 0 Å². The first-order chi connectivity index (χ1) is 9.55. The minimum absolute atomic E-state index is 0.0724. The molecule has 0 amide bonds. The number of hydrogen-bond donors (Lipinski definition) is 2. The number of rotatable bonds is 1. The molecule has 1 fully saturated rings. The van der Waals surface area contributed by atoms with E-state index in [1.165, 1.54) is 11.1 Å². The molecule has 0 aromatic heterocycles. The normalized spacial score (nSPS) is 26.2. The molecule has 1 aromatic carbocycles. The van der Waals surface area contributed by atoms with Gasteiger partial charge in [-0.3, -0.25) is 4.90 Å². The average Bonchev–Trinajstić information content (AvgIpc) is 2.72. The molecule has 2 aliphatic rings. The highest BCUT2D eigenvalue weighted by atomic mass is 32.1. The molecule has 20 heavy (non-hydrogen) atoms. The molecule has 1 aliphatic carbocycles. The van der Waals surface area contributed by atoms with Gasteiger partial charge in [-0.25, -0.2) is 0 Å². The third-order valence-electron chi connectivity index (χ3n) is 5.13. The third-order valence-corrected chi connectivity index (χ3v) is 5.46. The number of nitriles is 1. The number of nitrogens with two attached hydrogens (primary N) is 1. The van der Waals surface area contributed by atoms with Gasteiger partial charge in [0.05, 0.1) is 11.6 Å². The highest BCUT2D eigenvalue weighted by Gasteiger charge is 2.46. The Morgan fingerprint density at radius 3 is 2.75 bits per heavy atom. The van der Waals surface area contributed by atoms with Gasteiger partial charge in [0, 0.05) is 11.4 Å². The van der Waals surface area contributed by atoms with Gasteiger partial charge in [-0.1, -0.05) is 6.07 Å². The molecule has 2 atom stereocenters. The van der Waals surface area contributed by atoms with Crippen molar-refractivity contribution in [1.82, 2.24) is 4.90 Å². The van der Waals surface area contributed by atoms with Crippen molar-refractivity contribution in [2.45, 2.75) is 37.6 Å². The largest absolute Gasteiger partial charge is 0.323 e. The minimum Gasteiger partial charge on any atom is -0.323 e. The maximum absolute atomic E-state index is 9.05. The second-order valence-electron chi connectivity index (χ2n) is 6.21. The molecule has 1 unspecified atom stereocenters. The van der Waals surface area contributed by atoms with Crippen LogP contribution in [0.4, 0.5) is 0 Å². The number of nitrogens with zero attached hydrogens (tertiary/aromatic N) is 2. The zero-order chi connectivity index (χ0) is 14.3. The zero-order valence-electron chi connectivity index (χ0n) is 11.8. The van der Waals surface area contributed by atoms with Crippen LogP contribution in [-0.2, 0) is 6.42 Å². The fourth-order valence-corrected chi connectivity index (χ4v) is 4.00. The third kappa shape index (κ3) is 2.14. The quantitative estimate of drug-likeness (QED) is 0.780. The lowest BCUT2D eigenvalue weighted by atomic mass is 9.73. The molecule has 4 heteroatoms. The molecule has 0 saturated carbocycles. The van der Waals surface area contributed by atoms with Crippen molar-refractivity contribution in [3.05, 3.63) is 34.9 Å². The van der Waals surface area contributed by atoms with Crippen LogP contribution in [-0.4, -0.2) is 23.4 Å². The summed E-state index contributed by atoms with van der Waals surface area (Å²) in [5, 5.41) is 9.36. The van der Waals surface area contributed by atoms with Crippen LogP contribution >= 0.6 is 12.6 Å². The van der Waals surface area contributed by atoms with Crippen molar-refractivity contribution in [1.29, 1.82) is 5.26 Å². The van der Waals surface area contributed by atoms with Crippen molar-refractivity contribution in [2.24, 2.45) is 11.1 Å². The van der Waals surface area contributed by atoms with E-state index in [0.29, 0.717) is 5.37 Å². The second kappa shape index (κ2) is 5.07.